The second-order valence-electron chi connectivity index (χ2n) is 4.44. The van der Waals surface area contributed by atoms with Crippen LogP contribution in [0.1, 0.15) is 35.6 Å². The molecule has 0 saturated heterocycles. The SMILES string of the molecule is CCC(C)(NC(=O)c1ccnc(Cl)c1Cl)c1nccs1. The first-order valence-electron chi connectivity index (χ1n) is 6.00. The Balaban J connectivity index is 2.28. The molecule has 0 aliphatic rings. The Hall–Kier alpha value is -1.17. The molecule has 20 heavy (non-hydrogen) atoms. The van der Waals surface area contributed by atoms with Crippen LogP contribution in [0.5, 0.6) is 0 Å². The lowest BCUT2D eigenvalue weighted by Crippen LogP contribution is -2.43. The summed E-state index contributed by atoms with van der Waals surface area (Å²) in [5.74, 6) is -0.293. The van der Waals surface area contributed by atoms with Crippen molar-refractivity contribution in [1.29, 1.82) is 0 Å². The number of hydrogen-bond donors (Lipinski definition) is 1. The molecule has 2 aromatic heterocycles. The van der Waals surface area contributed by atoms with Crippen LogP contribution in [-0.2, 0) is 5.54 Å². The lowest BCUT2D eigenvalue weighted by molar-refractivity contribution is 0.0902. The number of rotatable bonds is 4. The van der Waals surface area contributed by atoms with E-state index in [4.69, 9.17) is 23.2 Å². The normalized spacial score (nSPS) is 13.8. The second kappa shape index (κ2) is 6.08. The van der Waals surface area contributed by atoms with E-state index in [1.54, 1.807) is 12.3 Å². The maximum absolute atomic E-state index is 12.4. The molecule has 1 N–H and O–H groups in total. The van der Waals surface area contributed by atoms with Gasteiger partial charge in [-0.05, 0) is 19.4 Å². The van der Waals surface area contributed by atoms with Crippen LogP contribution in [0.2, 0.25) is 10.2 Å². The van der Waals surface area contributed by atoms with E-state index < -0.39 is 5.54 Å². The van der Waals surface area contributed by atoms with Gasteiger partial charge in [-0.3, -0.25) is 4.79 Å². The average Bonchev–Trinajstić information content (AvgIpc) is 2.96. The smallest absolute Gasteiger partial charge is 0.253 e. The standard InChI is InChI=1S/C13H13Cl2N3OS/c1-3-13(2,12-17-6-7-20-12)18-11(19)8-4-5-16-10(15)9(8)14/h4-7H,3H2,1-2H3,(H,18,19). The van der Waals surface area contributed by atoms with Crippen LogP contribution in [0.25, 0.3) is 0 Å². The molecular weight excluding hydrogens is 317 g/mol. The van der Waals surface area contributed by atoms with Crippen LogP contribution in [0.15, 0.2) is 23.8 Å². The summed E-state index contributed by atoms with van der Waals surface area (Å²) in [4.78, 5) is 20.5. The lowest BCUT2D eigenvalue weighted by atomic mass is 9.99. The van der Waals surface area contributed by atoms with Gasteiger partial charge in [-0.15, -0.1) is 11.3 Å². The Labute approximate surface area is 131 Å². The van der Waals surface area contributed by atoms with Gasteiger partial charge in [-0.1, -0.05) is 30.1 Å². The van der Waals surface area contributed by atoms with Crippen molar-refractivity contribution in [2.45, 2.75) is 25.8 Å². The predicted octanol–water partition coefficient (Wildman–Crippen LogP) is 3.90. The van der Waals surface area contributed by atoms with Crippen LogP contribution < -0.4 is 5.32 Å². The Morgan fingerprint density at radius 2 is 2.15 bits per heavy atom. The zero-order chi connectivity index (χ0) is 14.8. The summed E-state index contributed by atoms with van der Waals surface area (Å²) in [7, 11) is 0. The summed E-state index contributed by atoms with van der Waals surface area (Å²) in [5, 5.41) is 5.97. The Kier molecular flexibility index (Phi) is 4.62. The van der Waals surface area contributed by atoms with Gasteiger partial charge in [-0.2, -0.15) is 0 Å². The van der Waals surface area contributed by atoms with E-state index in [9.17, 15) is 4.79 Å². The number of pyridine rings is 1. The van der Waals surface area contributed by atoms with Gasteiger partial charge >= 0.3 is 0 Å². The summed E-state index contributed by atoms with van der Waals surface area (Å²) in [6, 6.07) is 1.54. The van der Waals surface area contributed by atoms with E-state index >= 15 is 0 Å². The first-order chi connectivity index (χ1) is 9.48. The Morgan fingerprint density at radius 1 is 1.40 bits per heavy atom. The highest BCUT2D eigenvalue weighted by atomic mass is 35.5. The van der Waals surface area contributed by atoms with Crippen molar-refractivity contribution in [1.82, 2.24) is 15.3 Å². The number of hydrogen-bond acceptors (Lipinski definition) is 4. The zero-order valence-corrected chi connectivity index (χ0v) is 13.3. The third-order valence-electron chi connectivity index (χ3n) is 3.09. The van der Waals surface area contributed by atoms with Crippen molar-refractivity contribution in [3.05, 3.63) is 44.6 Å². The Morgan fingerprint density at radius 3 is 2.75 bits per heavy atom. The number of nitrogens with one attached hydrogen (secondary N) is 1. The fourth-order valence-corrected chi connectivity index (χ4v) is 2.88. The molecule has 1 unspecified atom stereocenters. The van der Waals surface area contributed by atoms with E-state index in [0.29, 0.717) is 12.0 Å². The van der Waals surface area contributed by atoms with Gasteiger partial charge in [0.2, 0.25) is 0 Å². The topological polar surface area (TPSA) is 54.9 Å². The van der Waals surface area contributed by atoms with E-state index in [-0.39, 0.29) is 16.1 Å². The quantitative estimate of drug-likeness (QED) is 0.865. The number of thiazole rings is 1. The molecule has 0 spiro atoms. The zero-order valence-electron chi connectivity index (χ0n) is 11.0. The molecule has 0 saturated carbocycles. The minimum Gasteiger partial charge on any atom is -0.340 e. The molecule has 1 amide bonds. The van der Waals surface area contributed by atoms with Gasteiger partial charge in [0.15, 0.2) is 0 Å². The summed E-state index contributed by atoms with van der Waals surface area (Å²) in [6.45, 7) is 3.92. The van der Waals surface area contributed by atoms with Crippen LogP contribution in [0.3, 0.4) is 0 Å². The minimum atomic E-state index is -0.537. The van der Waals surface area contributed by atoms with Crippen molar-refractivity contribution < 1.29 is 4.79 Å². The molecular formula is C13H13Cl2N3OS. The third-order valence-corrected chi connectivity index (χ3v) is 4.90. The van der Waals surface area contributed by atoms with Gasteiger partial charge in [-0.25, -0.2) is 9.97 Å². The number of aromatic nitrogens is 2. The fraction of sp³-hybridized carbons (Fsp3) is 0.308. The summed E-state index contributed by atoms with van der Waals surface area (Å²) >= 11 is 13.3. The molecule has 4 nitrogen and oxygen atoms in total. The third kappa shape index (κ3) is 2.95. The first kappa shape index (κ1) is 15.2. The van der Waals surface area contributed by atoms with Crippen molar-refractivity contribution in [3.63, 3.8) is 0 Å². The molecule has 0 fully saturated rings. The number of amides is 1. The molecule has 0 radical (unpaired) electrons. The molecule has 2 rings (SSSR count). The Bertz CT molecular complexity index is 618. The van der Waals surface area contributed by atoms with E-state index in [1.165, 1.54) is 17.5 Å². The van der Waals surface area contributed by atoms with Crippen LogP contribution in [-0.4, -0.2) is 15.9 Å². The van der Waals surface area contributed by atoms with Crippen LogP contribution in [0.4, 0.5) is 0 Å². The minimum absolute atomic E-state index is 0.117. The second-order valence-corrected chi connectivity index (χ2v) is 6.07. The van der Waals surface area contributed by atoms with Gasteiger partial charge in [0.05, 0.1) is 16.1 Å². The van der Waals surface area contributed by atoms with Crippen LogP contribution in [0, 0.1) is 0 Å². The van der Waals surface area contributed by atoms with Gasteiger partial charge in [0.1, 0.15) is 10.2 Å². The molecule has 0 aliphatic heterocycles. The summed E-state index contributed by atoms with van der Waals surface area (Å²) in [6.07, 6.45) is 3.88. The molecule has 2 aromatic rings. The number of carbonyl (C=O) groups excluding carboxylic acids is 1. The highest BCUT2D eigenvalue weighted by molar-refractivity contribution is 7.09. The van der Waals surface area contributed by atoms with Gasteiger partial charge < -0.3 is 5.32 Å². The van der Waals surface area contributed by atoms with Crippen LogP contribution >= 0.6 is 34.5 Å². The maximum atomic E-state index is 12.4. The van der Waals surface area contributed by atoms with Gasteiger partial charge in [0.25, 0.3) is 5.91 Å². The number of nitrogens with zero attached hydrogens (tertiary/aromatic N) is 2. The van der Waals surface area contributed by atoms with Crippen molar-refractivity contribution in [2.24, 2.45) is 0 Å². The number of carbonyl (C=O) groups is 1. The molecule has 106 valence electrons. The first-order valence-corrected chi connectivity index (χ1v) is 7.64. The molecule has 0 aliphatic carbocycles. The molecule has 2 heterocycles. The summed E-state index contributed by atoms with van der Waals surface area (Å²) in [5.41, 5.74) is -0.229. The maximum Gasteiger partial charge on any atom is 0.253 e. The lowest BCUT2D eigenvalue weighted by Gasteiger charge is -2.27. The monoisotopic (exact) mass is 329 g/mol. The molecule has 0 aromatic carbocycles. The van der Waals surface area contributed by atoms with E-state index in [2.05, 4.69) is 15.3 Å². The summed E-state index contributed by atoms with van der Waals surface area (Å²) < 4.78 is 0. The van der Waals surface area contributed by atoms with Gasteiger partial charge in [0, 0.05) is 17.8 Å². The van der Waals surface area contributed by atoms with Crippen molar-refractivity contribution in [2.75, 3.05) is 0 Å². The largest absolute Gasteiger partial charge is 0.340 e. The van der Waals surface area contributed by atoms with E-state index in [1.807, 2.05) is 19.2 Å². The highest BCUT2D eigenvalue weighted by Crippen LogP contribution is 2.28. The van der Waals surface area contributed by atoms with Crippen molar-refractivity contribution in [3.8, 4) is 0 Å². The highest BCUT2D eigenvalue weighted by Gasteiger charge is 2.30. The van der Waals surface area contributed by atoms with E-state index in [0.717, 1.165) is 5.01 Å². The average molecular weight is 330 g/mol. The molecule has 0 bridgehead atoms. The van der Waals surface area contributed by atoms with Crippen molar-refractivity contribution >= 4 is 40.4 Å². The number of halogens is 2. The fourth-order valence-electron chi connectivity index (χ4n) is 1.70. The predicted molar refractivity (Wildman–Crippen MR) is 81.5 cm³/mol. The molecule has 1 atom stereocenters. The molecule has 7 heteroatoms.